The molecule has 2 aromatic carbocycles. The van der Waals surface area contributed by atoms with E-state index in [0.717, 1.165) is 28.0 Å². The Labute approximate surface area is 135 Å². The normalized spacial score (nSPS) is 10.5. The number of carbonyl (C=O) groups excluding carboxylic acids is 1. The van der Waals surface area contributed by atoms with Gasteiger partial charge in [0, 0.05) is 12.3 Å². The van der Waals surface area contributed by atoms with Crippen molar-refractivity contribution in [2.75, 3.05) is 7.11 Å². The second-order valence-corrected chi connectivity index (χ2v) is 4.85. The van der Waals surface area contributed by atoms with Gasteiger partial charge in [0.05, 0.1) is 13.7 Å². The molecule has 0 aromatic heterocycles. The van der Waals surface area contributed by atoms with Gasteiger partial charge in [0.2, 0.25) is 0 Å². The van der Waals surface area contributed by atoms with Crippen LogP contribution in [0.2, 0.25) is 0 Å². The summed E-state index contributed by atoms with van der Waals surface area (Å²) < 4.78 is 10.1. The van der Waals surface area contributed by atoms with Gasteiger partial charge in [-0.05, 0) is 23.3 Å². The van der Waals surface area contributed by atoms with E-state index >= 15 is 0 Å². The van der Waals surface area contributed by atoms with Gasteiger partial charge in [0.15, 0.2) is 0 Å². The van der Waals surface area contributed by atoms with Crippen LogP contribution in [0.5, 0.6) is 5.75 Å². The Hall–Kier alpha value is -2.79. The minimum absolute atomic E-state index is 0.256. The molecule has 0 aliphatic carbocycles. The number of hydrogen-bond acceptors (Lipinski definition) is 5. The third kappa shape index (κ3) is 5.84. The second kappa shape index (κ2) is 8.60. The summed E-state index contributed by atoms with van der Waals surface area (Å²) in [6, 6.07) is 17.3. The highest BCUT2D eigenvalue weighted by Gasteiger charge is 2.01. The van der Waals surface area contributed by atoms with Crippen LogP contribution in [-0.4, -0.2) is 23.3 Å². The Balaban J connectivity index is 1.84. The first-order valence-corrected chi connectivity index (χ1v) is 7.14. The summed E-state index contributed by atoms with van der Waals surface area (Å²) in [6.45, 7) is 0.765. The quantitative estimate of drug-likeness (QED) is 0.483. The molecule has 0 saturated carbocycles. The highest BCUT2D eigenvalue weighted by molar-refractivity contribution is 5.81. The van der Waals surface area contributed by atoms with Crippen molar-refractivity contribution < 1.29 is 19.5 Å². The summed E-state index contributed by atoms with van der Waals surface area (Å²) in [5.74, 6) is 0.237. The zero-order valence-corrected chi connectivity index (χ0v) is 12.9. The van der Waals surface area contributed by atoms with Crippen molar-refractivity contribution in [1.82, 2.24) is 5.06 Å². The van der Waals surface area contributed by atoms with Gasteiger partial charge in [0.25, 0.3) is 0 Å². The molecule has 0 unspecified atom stereocenters. The summed E-state index contributed by atoms with van der Waals surface area (Å²) in [5.41, 5.74) is 1.99. The molecule has 0 radical (unpaired) electrons. The molecule has 0 bridgehead atoms. The van der Waals surface area contributed by atoms with Gasteiger partial charge in [-0.25, -0.2) is 4.79 Å². The van der Waals surface area contributed by atoms with Crippen LogP contribution in [0.25, 0.3) is 0 Å². The number of ether oxygens (including phenoxy) is 2. The van der Waals surface area contributed by atoms with Crippen molar-refractivity contribution in [2.24, 2.45) is 0 Å². The molecule has 0 amide bonds. The fourth-order valence-corrected chi connectivity index (χ4v) is 1.89. The number of methoxy groups -OCH3 is 1. The van der Waals surface area contributed by atoms with Crippen molar-refractivity contribution in [3.63, 3.8) is 0 Å². The molecule has 0 fully saturated rings. The first-order chi connectivity index (χ1) is 11.2. The lowest BCUT2D eigenvalue weighted by Gasteiger charge is -2.12. The van der Waals surface area contributed by atoms with Gasteiger partial charge < -0.3 is 9.47 Å². The number of carbonyl (C=O) groups is 1. The van der Waals surface area contributed by atoms with Crippen molar-refractivity contribution in [3.8, 4) is 5.75 Å². The minimum Gasteiger partial charge on any atom is -0.489 e. The number of hydrogen-bond donors (Lipinski definition) is 1. The lowest BCUT2D eigenvalue weighted by molar-refractivity contribution is -0.135. The fourth-order valence-electron chi connectivity index (χ4n) is 1.89. The van der Waals surface area contributed by atoms with Crippen molar-refractivity contribution in [3.05, 3.63) is 78.0 Å². The molecule has 2 aromatic rings. The second-order valence-electron chi connectivity index (χ2n) is 4.85. The fraction of sp³-hybridized carbons (Fsp3) is 0.167. The molecule has 0 heterocycles. The molecule has 0 aliphatic heterocycles. The van der Waals surface area contributed by atoms with Gasteiger partial charge in [-0.2, -0.15) is 0 Å². The monoisotopic (exact) mass is 313 g/mol. The topological polar surface area (TPSA) is 59.0 Å². The predicted molar refractivity (Wildman–Crippen MR) is 85.7 cm³/mol. The van der Waals surface area contributed by atoms with Gasteiger partial charge in [0.1, 0.15) is 12.4 Å². The van der Waals surface area contributed by atoms with Crippen molar-refractivity contribution in [1.29, 1.82) is 0 Å². The summed E-state index contributed by atoms with van der Waals surface area (Å²) in [5, 5.41) is 10.6. The van der Waals surface area contributed by atoms with Crippen LogP contribution < -0.4 is 4.74 Å². The summed E-state index contributed by atoms with van der Waals surface area (Å²) >= 11 is 0. The molecular weight excluding hydrogens is 294 g/mol. The molecule has 5 heteroatoms. The van der Waals surface area contributed by atoms with Gasteiger partial charge in [-0.1, -0.05) is 42.5 Å². The maximum atomic E-state index is 10.9. The Morgan fingerprint density at radius 1 is 1.09 bits per heavy atom. The molecule has 5 nitrogen and oxygen atoms in total. The highest BCUT2D eigenvalue weighted by Crippen LogP contribution is 2.15. The average Bonchev–Trinajstić information content (AvgIpc) is 2.60. The Bertz CT molecular complexity index is 638. The lowest BCUT2D eigenvalue weighted by atomic mass is 10.2. The molecule has 1 N–H and O–H groups in total. The smallest absolute Gasteiger partial charge is 0.332 e. The van der Waals surface area contributed by atoms with Crippen LogP contribution >= 0.6 is 0 Å². The van der Waals surface area contributed by atoms with E-state index in [1.807, 2.05) is 54.6 Å². The highest BCUT2D eigenvalue weighted by atomic mass is 16.5. The Morgan fingerprint density at radius 2 is 1.78 bits per heavy atom. The van der Waals surface area contributed by atoms with Crippen molar-refractivity contribution in [2.45, 2.75) is 13.2 Å². The molecule has 0 atom stereocenters. The van der Waals surface area contributed by atoms with E-state index in [-0.39, 0.29) is 6.54 Å². The average molecular weight is 313 g/mol. The maximum absolute atomic E-state index is 10.9. The van der Waals surface area contributed by atoms with Crippen LogP contribution in [0.3, 0.4) is 0 Å². The standard InChI is InChI=1S/C18H19NO4/c1-22-18(20)11-12-19(21)13-15-7-9-17(10-8-15)23-14-16-5-3-2-4-6-16/h2-12,21H,13-14H2,1H3/b12-11+. The Kier molecular flexibility index (Phi) is 6.20. The number of esters is 1. The lowest BCUT2D eigenvalue weighted by Crippen LogP contribution is -2.12. The van der Waals surface area contributed by atoms with Crippen LogP contribution in [0.4, 0.5) is 0 Å². The van der Waals surface area contributed by atoms with E-state index in [0.29, 0.717) is 6.61 Å². The van der Waals surface area contributed by atoms with Gasteiger partial charge in [-0.3, -0.25) is 10.3 Å². The van der Waals surface area contributed by atoms with E-state index in [1.165, 1.54) is 13.3 Å². The largest absolute Gasteiger partial charge is 0.489 e. The van der Waals surface area contributed by atoms with Gasteiger partial charge >= 0.3 is 5.97 Å². The van der Waals surface area contributed by atoms with E-state index in [2.05, 4.69) is 4.74 Å². The first-order valence-electron chi connectivity index (χ1n) is 7.14. The number of benzene rings is 2. The predicted octanol–water partition coefficient (Wildman–Crippen LogP) is 3.14. The van der Waals surface area contributed by atoms with E-state index in [4.69, 9.17) is 4.74 Å². The van der Waals surface area contributed by atoms with E-state index in [9.17, 15) is 10.0 Å². The zero-order valence-electron chi connectivity index (χ0n) is 12.9. The Morgan fingerprint density at radius 3 is 2.43 bits per heavy atom. The van der Waals surface area contributed by atoms with Crippen LogP contribution in [-0.2, 0) is 22.7 Å². The third-order valence-corrected chi connectivity index (χ3v) is 3.10. The van der Waals surface area contributed by atoms with Crippen molar-refractivity contribution >= 4 is 5.97 Å². The first kappa shape index (κ1) is 16.6. The number of nitrogens with zero attached hydrogens (tertiary/aromatic N) is 1. The summed E-state index contributed by atoms with van der Waals surface area (Å²) in [6.07, 6.45) is 2.41. The SMILES string of the molecule is COC(=O)/C=C/N(O)Cc1ccc(OCc2ccccc2)cc1. The molecular formula is C18H19NO4. The molecule has 0 spiro atoms. The zero-order chi connectivity index (χ0) is 16.5. The van der Waals surface area contributed by atoms with Gasteiger partial charge in [-0.15, -0.1) is 0 Å². The molecule has 0 saturated heterocycles. The number of hydroxylamine groups is 2. The summed E-state index contributed by atoms with van der Waals surface area (Å²) in [4.78, 5) is 10.9. The summed E-state index contributed by atoms with van der Waals surface area (Å²) in [7, 11) is 1.28. The maximum Gasteiger partial charge on any atom is 0.332 e. The molecule has 23 heavy (non-hydrogen) atoms. The minimum atomic E-state index is -0.520. The van der Waals surface area contributed by atoms with Crippen LogP contribution in [0.15, 0.2) is 66.9 Å². The third-order valence-electron chi connectivity index (χ3n) is 3.10. The molecule has 120 valence electrons. The van der Waals surface area contributed by atoms with Crippen LogP contribution in [0.1, 0.15) is 11.1 Å². The molecule has 0 aliphatic rings. The number of rotatable bonds is 7. The van der Waals surface area contributed by atoms with E-state index < -0.39 is 5.97 Å². The molecule has 2 rings (SSSR count). The van der Waals surface area contributed by atoms with Crippen LogP contribution in [0, 0.1) is 0 Å². The van der Waals surface area contributed by atoms with E-state index in [1.54, 1.807) is 0 Å².